The summed E-state index contributed by atoms with van der Waals surface area (Å²) >= 11 is 2.63. The number of aromatic nitrogens is 2. The van der Waals surface area contributed by atoms with Gasteiger partial charge in [-0.2, -0.15) is 0 Å². The maximum absolute atomic E-state index is 13.8. The minimum Gasteiger partial charge on any atom is -0.330 e. The van der Waals surface area contributed by atoms with Gasteiger partial charge in [0, 0.05) is 5.69 Å². The Kier molecular flexibility index (Phi) is 6.08. The molecular weight excluding hydrogens is 383 g/mol. The van der Waals surface area contributed by atoms with E-state index in [0.29, 0.717) is 9.47 Å². The standard InChI is InChI=1S/C19H19FN4OS2/c1-11-4-7-16(15(20)8-11)22-17(25)10-26-19-24-23-18(27-19)21-14-6-5-12(2)13(3)9-14/h4-9H,10H2,1-3H3,(H,21,23)(H,22,25). The zero-order valence-electron chi connectivity index (χ0n) is 15.2. The summed E-state index contributed by atoms with van der Waals surface area (Å²) in [6, 6.07) is 10.8. The normalized spacial score (nSPS) is 10.7. The van der Waals surface area contributed by atoms with E-state index in [-0.39, 0.29) is 17.3 Å². The first-order valence-electron chi connectivity index (χ1n) is 8.27. The number of nitrogens with zero attached hydrogens (tertiary/aromatic N) is 2. The highest BCUT2D eigenvalue weighted by Gasteiger charge is 2.11. The molecule has 0 fully saturated rings. The van der Waals surface area contributed by atoms with Crippen molar-refractivity contribution in [1.29, 1.82) is 0 Å². The molecule has 0 saturated carbocycles. The Morgan fingerprint density at radius 1 is 1.11 bits per heavy atom. The van der Waals surface area contributed by atoms with Crippen LogP contribution in [0.25, 0.3) is 0 Å². The maximum atomic E-state index is 13.8. The molecule has 5 nitrogen and oxygen atoms in total. The number of benzene rings is 2. The fourth-order valence-electron chi connectivity index (χ4n) is 2.30. The maximum Gasteiger partial charge on any atom is 0.234 e. The lowest BCUT2D eigenvalue weighted by molar-refractivity contribution is -0.113. The van der Waals surface area contributed by atoms with Crippen molar-refractivity contribution in [3.63, 3.8) is 0 Å². The molecule has 8 heteroatoms. The summed E-state index contributed by atoms with van der Waals surface area (Å²) in [5.74, 6) is -0.600. The van der Waals surface area contributed by atoms with Crippen LogP contribution < -0.4 is 10.6 Å². The summed E-state index contributed by atoms with van der Waals surface area (Å²) < 4.78 is 14.5. The smallest absolute Gasteiger partial charge is 0.234 e. The molecule has 0 radical (unpaired) electrons. The van der Waals surface area contributed by atoms with E-state index in [4.69, 9.17) is 0 Å². The number of hydrogen-bond acceptors (Lipinski definition) is 6. The fraction of sp³-hybridized carbons (Fsp3) is 0.211. The molecule has 3 aromatic rings. The topological polar surface area (TPSA) is 66.9 Å². The minimum atomic E-state index is -0.441. The molecule has 0 aliphatic heterocycles. The van der Waals surface area contributed by atoms with Gasteiger partial charge in [0.05, 0.1) is 11.4 Å². The Bertz CT molecular complexity index is 974. The monoisotopic (exact) mass is 402 g/mol. The van der Waals surface area contributed by atoms with Crippen LogP contribution in [-0.4, -0.2) is 21.9 Å². The van der Waals surface area contributed by atoms with Crippen molar-refractivity contribution >= 4 is 45.5 Å². The quantitative estimate of drug-likeness (QED) is 0.563. The van der Waals surface area contributed by atoms with E-state index in [2.05, 4.69) is 34.7 Å². The Hall–Kier alpha value is -2.45. The molecule has 1 heterocycles. The minimum absolute atomic E-state index is 0.131. The highest BCUT2D eigenvalue weighted by atomic mass is 32.2. The van der Waals surface area contributed by atoms with Gasteiger partial charge in [0.2, 0.25) is 11.0 Å². The van der Waals surface area contributed by atoms with E-state index in [9.17, 15) is 9.18 Å². The molecule has 2 N–H and O–H groups in total. The number of carbonyl (C=O) groups excluding carboxylic acids is 1. The van der Waals surface area contributed by atoms with Crippen molar-refractivity contribution in [2.75, 3.05) is 16.4 Å². The Balaban J connectivity index is 1.54. The number of hydrogen-bond donors (Lipinski definition) is 2. The van der Waals surface area contributed by atoms with Crippen molar-refractivity contribution in [3.05, 3.63) is 58.9 Å². The molecule has 2 aromatic carbocycles. The molecule has 0 aliphatic rings. The Labute approximate surface area is 165 Å². The predicted octanol–water partition coefficient (Wildman–Crippen LogP) is 5.08. The molecule has 1 amide bonds. The van der Waals surface area contributed by atoms with Crippen LogP contribution in [-0.2, 0) is 4.79 Å². The summed E-state index contributed by atoms with van der Waals surface area (Å²) in [5.41, 5.74) is 4.35. The predicted molar refractivity (Wildman–Crippen MR) is 110 cm³/mol. The highest BCUT2D eigenvalue weighted by Crippen LogP contribution is 2.28. The van der Waals surface area contributed by atoms with Crippen LogP contribution in [0, 0.1) is 26.6 Å². The number of aryl methyl sites for hydroxylation is 3. The SMILES string of the molecule is Cc1ccc(NC(=O)CSc2nnc(Nc3ccc(C)c(C)c3)s2)c(F)c1. The summed E-state index contributed by atoms with van der Waals surface area (Å²) in [6.07, 6.45) is 0. The van der Waals surface area contributed by atoms with Crippen LogP contribution in [0.4, 0.5) is 20.9 Å². The lowest BCUT2D eigenvalue weighted by Gasteiger charge is -2.06. The summed E-state index contributed by atoms with van der Waals surface area (Å²) in [6.45, 7) is 5.91. The Morgan fingerprint density at radius 3 is 2.67 bits per heavy atom. The molecule has 0 unspecified atom stereocenters. The van der Waals surface area contributed by atoms with Crippen LogP contribution in [0.3, 0.4) is 0 Å². The number of carbonyl (C=O) groups is 1. The third-order valence-corrected chi connectivity index (χ3v) is 5.86. The average molecular weight is 403 g/mol. The van der Waals surface area contributed by atoms with E-state index in [0.717, 1.165) is 11.3 Å². The first kappa shape index (κ1) is 19.3. The first-order chi connectivity index (χ1) is 12.9. The number of amides is 1. The molecular formula is C19H19FN4OS2. The van der Waals surface area contributed by atoms with Gasteiger partial charge in [-0.05, 0) is 61.7 Å². The second-order valence-corrected chi connectivity index (χ2v) is 8.32. The van der Waals surface area contributed by atoms with Crippen LogP contribution in [0.2, 0.25) is 0 Å². The number of halogens is 1. The number of nitrogens with one attached hydrogen (secondary N) is 2. The first-order valence-corrected chi connectivity index (χ1v) is 10.1. The van der Waals surface area contributed by atoms with E-state index in [1.807, 2.05) is 18.2 Å². The van der Waals surface area contributed by atoms with Crippen molar-refractivity contribution in [1.82, 2.24) is 10.2 Å². The average Bonchev–Trinajstić information content (AvgIpc) is 3.06. The van der Waals surface area contributed by atoms with Crippen LogP contribution in [0.1, 0.15) is 16.7 Å². The lowest BCUT2D eigenvalue weighted by Crippen LogP contribution is -2.15. The summed E-state index contributed by atoms with van der Waals surface area (Å²) in [7, 11) is 0. The molecule has 27 heavy (non-hydrogen) atoms. The zero-order chi connectivity index (χ0) is 19.4. The van der Waals surface area contributed by atoms with Crippen LogP contribution in [0.5, 0.6) is 0 Å². The molecule has 140 valence electrons. The molecule has 1 aromatic heterocycles. The van der Waals surface area contributed by atoms with Gasteiger partial charge in [-0.25, -0.2) is 4.39 Å². The highest BCUT2D eigenvalue weighted by molar-refractivity contribution is 8.01. The zero-order valence-corrected chi connectivity index (χ0v) is 16.8. The molecule has 0 spiro atoms. The van der Waals surface area contributed by atoms with E-state index < -0.39 is 5.82 Å². The van der Waals surface area contributed by atoms with Gasteiger partial charge in [0.25, 0.3) is 0 Å². The van der Waals surface area contributed by atoms with Crippen LogP contribution in [0.15, 0.2) is 40.7 Å². The molecule has 0 aliphatic carbocycles. The molecule has 3 rings (SSSR count). The molecule has 0 bridgehead atoms. The third kappa shape index (κ3) is 5.27. The van der Waals surface area contributed by atoms with Crippen molar-refractivity contribution < 1.29 is 9.18 Å². The third-order valence-electron chi connectivity index (χ3n) is 3.89. The van der Waals surface area contributed by atoms with Gasteiger partial charge in [-0.15, -0.1) is 10.2 Å². The van der Waals surface area contributed by atoms with E-state index in [1.54, 1.807) is 19.1 Å². The number of thioether (sulfide) groups is 1. The number of rotatable bonds is 6. The fourth-order valence-corrected chi connectivity index (χ4v) is 3.87. The van der Waals surface area contributed by atoms with E-state index >= 15 is 0 Å². The second-order valence-electron chi connectivity index (χ2n) is 6.12. The van der Waals surface area contributed by atoms with Crippen LogP contribution >= 0.6 is 23.1 Å². The van der Waals surface area contributed by atoms with Gasteiger partial charge < -0.3 is 10.6 Å². The van der Waals surface area contributed by atoms with Crippen molar-refractivity contribution in [2.24, 2.45) is 0 Å². The van der Waals surface area contributed by atoms with Gasteiger partial charge in [-0.1, -0.05) is 35.2 Å². The van der Waals surface area contributed by atoms with Crippen molar-refractivity contribution in [3.8, 4) is 0 Å². The van der Waals surface area contributed by atoms with Crippen molar-refractivity contribution in [2.45, 2.75) is 25.1 Å². The second kappa shape index (κ2) is 8.49. The largest absolute Gasteiger partial charge is 0.330 e. The summed E-state index contributed by atoms with van der Waals surface area (Å²) in [4.78, 5) is 12.0. The Morgan fingerprint density at radius 2 is 1.93 bits per heavy atom. The summed E-state index contributed by atoms with van der Waals surface area (Å²) in [5, 5.41) is 14.6. The van der Waals surface area contributed by atoms with Gasteiger partial charge in [-0.3, -0.25) is 4.79 Å². The van der Waals surface area contributed by atoms with Gasteiger partial charge in [0.1, 0.15) is 5.82 Å². The van der Waals surface area contributed by atoms with Gasteiger partial charge in [0.15, 0.2) is 4.34 Å². The van der Waals surface area contributed by atoms with E-state index in [1.165, 1.54) is 40.3 Å². The molecule has 0 atom stereocenters. The molecule has 0 saturated heterocycles. The lowest BCUT2D eigenvalue weighted by atomic mass is 10.1. The van der Waals surface area contributed by atoms with Gasteiger partial charge >= 0.3 is 0 Å². The number of anilines is 3.